The van der Waals surface area contributed by atoms with Gasteiger partial charge in [-0.2, -0.15) is 0 Å². The van der Waals surface area contributed by atoms with Gasteiger partial charge in [0.05, 0.1) is 5.69 Å². The van der Waals surface area contributed by atoms with Crippen molar-refractivity contribution in [3.8, 4) is 28.3 Å². The minimum Gasteiger partial charge on any atom is -0.507 e. The van der Waals surface area contributed by atoms with Gasteiger partial charge in [0.2, 0.25) is 0 Å². The third kappa shape index (κ3) is 3.79. The number of nitrogens with one attached hydrogen (secondary N) is 1. The van der Waals surface area contributed by atoms with Crippen molar-refractivity contribution in [1.29, 1.82) is 0 Å². The number of hydrogen-bond acceptors (Lipinski definition) is 3. The first-order valence-corrected chi connectivity index (χ1v) is 11.8. The molecule has 0 fully saturated rings. The van der Waals surface area contributed by atoms with Crippen molar-refractivity contribution >= 4 is 22.2 Å². The number of nitrogens with zero attached hydrogens (tertiary/aromatic N) is 2. The minimum atomic E-state index is 0.246. The van der Waals surface area contributed by atoms with E-state index < -0.39 is 0 Å². The van der Waals surface area contributed by atoms with Crippen molar-refractivity contribution in [2.24, 2.45) is 0 Å². The maximum atomic E-state index is 11.0. The predicted octanol–water partition coefficient (Wildman–Crippen LogP) is 7.45. The molecule has 2 heterocycles. The van der Waals surface area contributed by atoms with Crippen LogP contribution < -0.4 is 5.32 Å². The maximum absolute atomic E-state index is 11.0. The average Bonchev–Trinajstić information content (AvgIpc) is 3.27. The summed E-state index contributed by atoms with van der Waals surface area (Å²) in [4.78, 5) is 5.04. The number of imidazole rings is 1. The van der Waals surface area contributed by atoms with Gasteiger partial charge in [0.1, 0.15) is 22.9 Å². The monoisotopic (exact) mass is 455 g/mol. The number of anilines is 1. The molecule has 4 aromatic carbocycles. The second kappa shape index (κ2) is 8.65. The van der Waals surface area contributed by atoms with Crippen molar-refractivity contribution in [2.75, 3.05) is 5.32 Å². The number of hydrogen-bond donors (Lipinski definition) is 2. The SMILES string of the molecule is Cc1ccc(-c2nc3cccc(-c4c(O)ccc5ccccc45)n3c2NCc2ccccc2)cc1. The summed E-state index contributed by atoms with van der Waals surface area (Å²) in [6.07, 6.45) is 0. The Kier molecular flexibility index (Phi) is 5.19. The number of pyridine rings is 1. The van der Waals surface area contributed by atoms with E-state index in [-0.39, 0.29) is 5.75 Å². The highest BCUT2D eigenvalue weighted by molar-refractivity contribution is 5.99. The molecule has 4 nitrogen and oxygen atoms in total. The number of phenols is 1. The van der Waals surface area contributed by atoms with Crippen molar-refractivity contribution in [3.63, 3.8) is 0 Å². The lowest BCUT2D eigenvalue weighted by Crippen LogP contribution is -2.05. The average molecular weight is 456 g/mol. The number of benzene rings is 4. The van der Waals surface area contributed by atoms with Gasteiger partial charge in [-0.05, 0) is 41.5 Å². The lowest BCUT2D eigenvalue weighted by atomic mass is 10.0. The molecule has 2 N–H and O–H groups in total. The van der Waals surface area contributed by atoms with Crippen LogP contribution in [0, 0.1) is 6.92 Å². The summed E-state index contributed by atoms with van der Waals surface area (Å²) in [6, 6.07) is 36.7. The van der Waals surface area contributed by atoms with Crippen molar-refractivity contribution in [1.82, 2.24) is 9.38 Å². The number of fused-ring (bicyclic) bond motifs is 2. The van der Waals surface area contributed by atoms with Gasteiger partial charge in [-0.25, -0.2) is 4.98 Å². The fraction of sp³-hybridized carbons (Fsp3) is 0.0645. The molecular formula is C31H25N3O. The summed E-state index contributed by atoms with van der Waals surface area (Å²) < 4.78 is 2.12. The molecule has 0 atom stereocenters. The quantitative estimate of drug-likeness (QED) is 0.284. The number of rotatable bonds is 5. The number of phenolic OH excluding ortho intramolecular Hbond substituents is 1. The van der Waals surface area contributed by atoms with Crippen molar-refractivity contribution < 1.29 is 5.11 Å². The van der Waals surface area contributed by atoms with Gasteiger partial charge in [-0.1, -0.05) is 96.6 Å². The molecule has 6 rings (SSSR count). The Morgan fingerprint density at radius 1 is 0.771 bits per heavy atom. The Labute approximate surface area is 204 Å². The molecule has 0 saturated carbocycles. The van der Waals surface area contributed by atoms with Crippen LogP contribution in [0.15, 0.2) is 109 Å². The van der Waals surface area contributed by atoms with E-state index >= 15 is 0 Å². The molecule has 0 radical (unpaired) electrons. The van der Waals surface area contributed by atoms with Crippen LogP contribution in [0.4, 0.5) is 5.82 Å². The van der Waals surface area contributed by atoms with Crippen LogP contribution in [0.1, 0.15) is 11.1 Å². The minimum absolute atomic E-state index is 0.246. The fourth-order valence-corrected chi connectivity index (χ4v) is 4.67. The molecule has 0 aliphatic rings. The van der Waals surface area contributed by atoms with Gasteiger partial charge in [-0.15, -0.1) is 0 Å². The molecule has 0 spiro atoms. The highest BCUT2D eigenvalue weighted by Gasteiger charge is 2.20. The molecule has 35 heavy (non-hydrogen) atoms. The molecule has 0 saturated heterocycles. The zero-order chi connectivity index (χ0) is 23.8. The molecule has 0 bridgehead atoms. The van der Waals surface area contributed by atoms with E-state index in [9.17, 15) is 5.11 Å². The van der Waals surface area contributed by atoms with Crippen LogP contribution >= 0.6 is 0 Å². The van der Waals surface area contributed by atoms with E-state index in [0.29, 0.717) is 6.54 Å². The smallest absolute Gasteiger partial charge is 0.139 e. The molecule has 170 valence electrons. The van der Waals surface area contributed by atoms with Gasteiger partial charge in [0.15, 0.2) is 0 Å². The standard InChI is InChI=1S/C31H25N3O/c1-21-14-16-24(17-15-21)30-31(32-20-22-8-3-2-4-9-22)34-26(12-7-13-28(34)33-30)29-25-11-6-5-10-23(25)18-19-27(29)35/h2-19,32,35H,20H2,1H3. The first-order valence-electron chi connectivity index (χ1n) is 11.8. The summed E-state index contributed by atoms with van der Waals surface area (Å²) in [5.74, 6) is 1.14. The zero-order valence-electron chi connectivity index (χ0n) is 19.4. The largest absolute Gasteiger partial charge is 0.507 e. The van der Waals surface area contributed by atoms with E-state index in [1.54, 1.807) is 6.07 Å². The molecule has 4 heteroatoms. The second-order valence-corrected chi connectivity index (χ2v) is 8.80. The van der Waals surface area contributed by atoms with Crippen LogP contribution in [0.25, 0.3) is 38.9 Å². The third-order valence-corrected chi connectivity index (χ3v) is 6.43. The van der Waals surface area contributed by atoms with Gasteiger partial charge in [0, 0.05) is 17.7 Å². The summed E-state index contributed by atoms with van der Waals surface area (Å²) in [7, 11) is 0. The van der Waals surface area contributed by atoms with Gasteiger partial charge >= 0.3 is 0 Å². The maximum Gasteiger partial charge on any atom is 0.139 e. The Balaban J connectivity index is 1.61. The van der Waals surface area contributed by atoms with E-state index in [1.165, 1.54) is 11.1 Å². The topological polar surface area (TPSA) is 49.6 Å². The van der Waals surface area contributed by atoms with Crippen molar-refractivity contribution in [2.45, 2.75) is 13.5 Å². The Morgan fingerprint density at radius 3 is 2.37 bits per heavy atom. The van der Waals surface area contributed by atoms with Crippen molar-refractivity contribution in [3.05, 3.63) is 120 Å². The second-order valence-electron chi connectivity index (χ2n) is 8.80. The number of aromatic nitrogens is 2. The van der Waals surface area contributed by atoms with E-state index in [0.717, 1.165) is 44.8 Å². The summed E-state index contributed by atoms with van der Waals surface area (Å²) >= 11 is 0. The molecule has 2 aromatic heterocycles. The zero-order valence-corrected chi connectivity index (χ0v) is 19.4. The summed E-state index contributed by atoms with van der Waals surface area (Å²) in [5, 5.41) is 16.8. The first kappa shape index (κ1) is 21.0. The van der Waals surface area contributed by atoms with Gasteiger partial charge in [0.25, 0.3) is 0 Å². The third-order valence-electron chi connectivity index (χ3n) is 6.43. The number of aryl methyl sites for hydroxylation is 1. The van der Waals surface area contributed by atoms with E-state index in [2.05, 4.69) is 65.2 Å². The number of aromatic hydroxyl groups is 1. The van der Waals surface area contributed by atoms with Crippen LogP contribution in [-0.4, -0.2) is 14.5 Å². The molecule has 0 aliphatic heterocycles. The highest BCUT2D eigenvalue weighted by Crippen LogP contribution is 2.39. The molecule has 0 unspecified atom stereocenters. The summed E-state index contributed by atoms with van der Waals surface area (Å²) in [5.41, 5.74) is 6.82. The highest BCUT2D eigenvalue weighted by atomic mass is 16.3. The molecule has 0 amide bonds. The summed E-state index contributed by atoms with van der Waals surface area (Å²) in [6.45, 7) is 2.74. The Hall–Kier alpha value is -4.57. The Morgan fingerprint density at radius 2 is 1.54 bits per heavy atom. The van der Waals surface area contributed by atoms with Crippen LogP contribution in [0.3, 0.4) is 0 Å². The van der Waals surface area contributed by atoms with Gasteiger partial charge < -0.3 is 10.4 Å². The van der Waals surface area contributed by atoms with Crippen LogP contribution in [0.5, 0.6) is 5.75 Å². The Bertz CT molecular complexity index is 1650. The lowest BCUT2D eigenvalue weighted by molar-refractivity contribution is 0.478. The fourth-order valence-electron chi connectivity index (χ4n) is 4.67. The van der Waals surface area contributed by atoms with E-state index in [4.69, 9.17) is 4.98 Å². The van der Waals surface area contributed by atoms with E-state index in [1.807, 2.05) is 54.6 Å². The lowest BCUT2D eigenvalue weighted by Gasteiger charge is -2.15. The van der Waals surface area contributed by atoms with Crippen LogP contribution in [-0.2, 0) is 6.54 Å². The van der Waals surface area contributed by atoms with Gasteiger partial charge in [-0.3, -0.25) is 4.40 Å². The van der Waals surface area contributed by atoms with Crippen LogP contribution in [0.2, 0.25) is 0 Å². The normalized spacial score (nSPS) is 11.2. The molecule has 6 aromatic rings. The molecular weight excluding hydrogens is 430 g/mol. The predicted molar refractivity (Wildman–Crippen MR) is 144 cm³/mol. The first-order chi connectivity index (χ1) is 17.2. The molecule has 0 aliphatic carbocycles.